The van der Waals surface area contributed by atoms with Crippen LogP contribution in [0.25, 0.3) is 5.65 Å². The molecule has 1 aliphatic heterocycles. The van der Waals surface area contributed by atoms with Crippen molar-refractivity contribution >= 4 is 17.4 Å². The fraction of sp³-hybridized carbons (Fsp3) is 0.462. The molecule has 19 heavy (non-hydrogen) atoms. The lowest BCUT2D eigenvalue weighted by Gasteiger charge is -2.37. The van der Waals surface area contributed by atoms with Crippen molar-refractivity contribution in [2.45, 2.75) is 19.8 Å². The van der Waals surface area contributed by atoms with Crippen LogP contribution < -0.4 is 4.90 Å². The Hall–Kier alpha value is -2.11. The lowest BCUT2D eigenvalue weighted by molar-refractivity contribution is -0.149. The summed E-state index contributed by atoms with van der Waals surface area (Å²) >= 11 is 0. The van der Waals surface area contributed by atoms with Gasteiger partial charge in [-0.3, -0.25) is 4.79 Å². The number of hydrogen-bond donors (Lipinski definition) is 1. The van der Waals surface area contributed by atoms with Crippen molar-refractivity contribution in [1.82, 2.24) is 14.6 Å². The summed E-state index contributed by atoms with van der Waals surface area (Å²) in [6, 6.07) is 3.78. The van der Waals surface area contributed by atoms with Gasteiger partial charge in [0.1, 0.15) is 5.82 Å². The predicted molar refractivity (Wildman–Crippen MR) is 70.2 cm³/mol. The topological polar surface area (TPSA) is 70.7 Å². The third-order valence-corrected chi connectivity index (χ3v) is 3.95. The zero-order valence-corrected chi connectivity index (χ0v) is 10.8. The fourth-order valence-electron chi connectivity index (χ4n) is 2.42. The SMILES string of the molecule is CC1(C(=O)O)CCN(c2ccn3nccc3n2)CC1. The number of piperidine rings is 1. The number of carboxylic acid groups (broad SMARTS) is 1. The minimum absolute atomic E-state index is 0.600. The van der Waals surface area contributed by atoms with Crippen LogP contribution in [0.3, 0.4) is 0 Å². The van der Waals surface area contributed by atoms with Crippen molar-refractivity contribution in [3.8, 4) is 0 Å². The molecule has 6 heteroatoms. The second kappa shape index (κ2) is 4.22. The summed E-state index contributed by atoms with van der Waals surface area (Å²) in [5.41, 5.74) is 0.209. The van der Waals surface area contributed by atoms with E-state index in [9.17, 15) is 9.90 Å². The van der Waals surface area contributed by atoms with E-state index in [4.69, 9.17) is 0 Å². The maximum atomic E-state index is 11.2. The van der Waals surface area contributed by atoms with Gasteiger partial charge in [-0.25, -0.2) is 9.50 Å². The van der Waals surface area contributed by atoms with Gasteiger partial charge in [0.05, 0.1) is 11.6 Å². The number of nitrogens with zero attached hydrogens (tertiary/aromatic N) is 4. The first kappa shape index (κ1) is 12.0. The van der Waals surface area contributed by atoms with Gasteiger partial charge in [0.2, 0.25) is 0 Å². The summed E-state index contributed by atoms with van der Waals surface area (Å²) in [4.78, 5) is 17.9. The predicted octanol–water partition coefficient (Wildman–Crippen LogP) is 1.42. The monoisotopic (exact) mass is 260 g/mol. The van der Waals surface area contributed by atoms with Crippen LogP contribution >= 0.6 is 0 Å². The van der Waals surface area contributed by atoms with E-state index in [-0.39, 0.29) is 0 Å². The summed E-state index contributed by atoms with van der Waals surface area (Å²) in [5.74, 6) is 0.187. The number of carbonyl (C=O) groups is 1. The summed E-state index contributed by atoms with van der Waals surface area (Å²) in [7, 11) is 0. The minimum atomic E-state index is -0.702. The zero-order valence-electron chi connectivity index (χ0n) is 10.8. The molecule has 1 fully saturated rings. The molecule has 0 amide bonds. The van der Waals surface area contributed by atoms with E-state index in [1.807, 2.05) is 25.3 Å². The molecule has 6 nitrogen and oxygen atoms in total. The first-order chi connectivity index (χ1) is 9.08. The molecule has 0 aromatic carbocycles. The molecule has 1 N–H and O–H groups in total. The van der Waals surface area contributed by atoms with Crippen LogP contribution in [0.2, 0.25) is 0 Å². The lowest BCUT2D eigenvalue weighted by Crippen LogP contribution is -2.43. The number of hydrogen-bond acceptors (Lipinski definition) is 4. The minimum Gasteiger partial charge on any atom is -0.481 e. The third-order valence-electron chi connectivity index (χ3n) is 3.95. The molecular formula is C13H16N4O2. The molecule has 0 unspecified atom stereocenters. The molecule has 100 valence electrons. The van der Waals surface area contributed by atoms with Crippen LogP contribution in [0.4, 0.5) is 5.82 Å². The second-order valence-electron chi connectivity index (χ2n) is 5.27. The third kappa shape index (κ3) is 2.03. The first-order valence-corrected chi connectivity index (χ1v) is 6.37. The lowest BCUT2D eigenvalue weighted by atomic mass is 9.80. The highest BCUT2D eigenvalue weighted by molar-refractivity contribution is 5.74. The van der Waals surface area contributed by atoms with Crippen molar-refractivity contribution < 1.29 is 9.90 Å². The molecule has 1 saturated heterocycles. The van der Waals surface area contributed by atoms with Crippen molar-refractivity contribution in [2.24, 2.45) is 5.41 Å². The van der Waals surface area contributed by atoms with E-state index in [1.54, 1.807) is 10.7 Å². The Morgan fingerprint density at radius 3 is 2.79 bits per heavy atom. The molecule has 3 heterocycles. The van der Waals surface area contributed by atoms with Gasteiger partial charge in [-0.1, -0.05) is 0 Å². The highest BCUT2D eigenvalue weighted by Gasteiger charge is 2.37. The average Bonchev–Trinajstić information content (AvgIpc) is 2.86. The van der Waals surface area contributed by atoms with E-state index in [0.717, 1.165) is 24.6 Å². The van der Waals surface area contributed by atoms with Gasteiger partial charge in [-0.15, -0.1) is 0 Å². The molecule has 0 radical (unpaired) electrons. The van der Waals surface area contributed by atoms with Crippen LogP contribution in [0.15, 0.2) is 24.5 Å². The Kier molecular flexibility index (Phi) is 2.66. The maximum absolute atomic E-state index is 11.2. The first-order valence-electron chi connectivity index (χ1n) is 6.37. The van der Waals surface area contributed by atoms with Gasteiger partial charge < -0.3 is 10.0 Å². The van der Waals surface area contributed by atoms with E-state index < -0.39 is 11.4 Å². The van der Waals surface area contributed by atoms with Gasteiger partial charge in [0.15, 0.2) is 5.65 Å². The van der Waals surface area contributed by atoms with E-state index in [0.29, 0.717) is 12.8 Å². The molecule has 0 saturated carbocycles. The highest BCUT2D eigenvalue weighted by Crippen LogP contribution is 2.32. The Labute approximate surface area is 110 Å². The molecule has 3 rings (SSSR count). The smallest absolute Gasteiger partial charge is 0.309 e. The molecule has 1 aliphatic rings. The van der Waals surface area contributed by atoms with Gasteiger partial charge in [0.25, 0.3) is 0 Å². The van der Waals surface area contributed by atoms with E-state index >= 15 is 0 Å². The Morgan fingerprint density at radius 2 is 2.11 bits per heavy atom. The van der Waals surface area contributed by atoms with Crippen molar-refractivity contribution in [3.05, 3.63) is 24.5 Å². The van der Waals surface area contributed by atoms with E-state index in [2.05, 4.69) is 15.0 Å². The Balaban J connectivity index is 1.79. The van der Waals surface area contributed by atoms with Crippen molar-refractivity contribution in [1.29, 1.82) is 0 Å². The molecule has 2 aromatic heterocycles. The number of carboxylic acids is 1. The van der Waals surface area contributed by atoms with Crippen molar-refractivity contribution in [2.75, 3.05) is 18.0 Å². The van der Waals surface area contributed by atoms with Crippen LogP contribution in [0.5, 0.6) is 0 Å². The molecule has 0 atom stereocenters. The Bertz CT molecular complexity index is 614. The average molecular weight is 260 g/mol. The van der Waals surface area contributed by atoms with Gasteiger partial charge in [-0.05, 0) is 25.8 Å². The molecule has 0 aliphatic carbocycles. The summed E-state index contributed by atoms with van der Waals surface area (Å²) in [6.45, 7) is 3.26. The number of fused-ring (bicyclic) bond motifs is 1. The largest absolute Gasteiger partial charge is 0.481 e. The number of aromatic nitrogens is 3. The number of rotatable bonds is 2. The van der Waals surface area contributed by atoms with Gasteiger partial charge in [-0.2, -0.15) is 5.10 Å². The highest BCUT2D eigenvalue weighted by atomic mass is 16.4. The molecule has 0 bridgehead atoms. The Morgan fingerprint density at radius 1 is 1.37 bits per heavy atom. The fourth-order valence-corrected chi connectivity index (χ4v) is 2.42. The van der Waals surface area contributed by atoms with Crippen LogP contribution in [-0.2, 0) is 4.79 Å². The summed E-state index contributed by atoms with van der Waals surface area (Å²) < 4.78 is 1.72. The quantitative estimate of drug-likeness (QED) is 0.884. The molecular weight excluding hydrogens is 244 g/mol. The van der Waals surface area contributed by atoms with Crippen molar-refractivity contribution in [3.63, 3.8) is 0 Å². The summed E-state index contributed by atoms with van der Waals surface area (Å²) in [6.07, 6.45) is 4.88. The second-order valence-corrected chi connectivity index (χ2v) is 5.27. The van der Waals surface area contributed by atoms with E-state index in [1.165, 1.54) is 0 Å². The van der Waals surface area contributed by atoms with Crippen LogP contribution in [0, 0.1) is 5.41 Å². The van der Waals surface area contributed by atoms with Crippen LogP contribution in [0.1, 0.15) is 19.8 Å². The van der Waals surface area contributed by atoms with Gasteiger partial charge in [0, 0.05) is 25.4 Å². The van der Waals surface area contributed by atoms with Crippen LogP contribution in [-0.4, -0.2) is 38.8 Å². The molecule has 0 spiro atoms. The van der Waals surface area contributed by atoms with Gasteiger partial charge >= 0.3 is 5.97 Å². The normalized spacial score (nSPS) is 18.7. The zero-order chi connectivity index (χ0) is 13.5. The number of aliphatic carboxylic acids is 1. The standard InChI is InChI=1S/C13H16N4O2/c1-13(12(18)19)4-8-16(9-5-13)10-3-7-17-11(15-10)2-6-14-17/h2-3,6-7H,4-5,8-9H2,1H3,(H,18,19). The molecule has 2 aromatic rings. The number of anilines is 1. The summed E-state index contributed by atoms with van der Waals surface area (Å²) in [5, 5.41) is 13.3. The maximum Gasteiger partial charge on any atom is 0.309 e.